The first-order chi connectivity index (χ1) is 18.5. The van der Waals surface area contributed by atoms with Crippen LogP contribution in [0.4, 0.5) is 8.78 Å². The van der Waals surface area contributed by atoms with E-state index in [1.54, 1.807) is 6.92 Å². The molecule has 0 aromatic heterocycles. The molecule has 0 aliphatic carbocycles. The first kappa shape index (κ1) is 34.7. The first-order valence-corrected chi connectivity index (χ1v) is 14.7. The number of allylic oxidation sites excluding steroid dienone is 11. The third-order valence-corrected chi connectivity index (χ3v) is 7.30. The highest BCUT2D eigenvalue weighted by atomic mass is 19.1. The molecule has 0 fully saturated rings. The van der Waals surface area contributed by atoms with E-state index in [1.807, 2.05) is 0 Å². The van der Waals surface area contributed by atoms with Crippen LogP contribution in [0.1, 0.15) is 106 Å². The van der Waals surface area contributed by atoms with Crippen LogP contribution < -0.4 is 5.48 Å². The Bertz CT molecular complexity index is 990. The van der Waals surface area contributed by atoms with Crippen LogP contribution in [0.15, 0.2) is 95.2 Å². The van der Waals surface area contributed by atoms with Crippen molar-refractivity contribution in [3.63, 3.8) is 0 Å². The Kier molecular flexibility index (Phi) is 16.1. The molecular formula is C35H53F2NO. The first-order valence-electron chi connectivity index (χ1n) is 14.7. The summed E-state index contributed by atoms with van der Waals surface area (Å²) in [7, 11) is 0. The Balaban J connectivity index is 3.19. The lowest BCUT2D eigenvalue weighted by molar-refractivity contribution is -0.0746. The maximum absolute atomic E-state index is 14.5. The summed E-state index contributed by atoms with van der Waals surface area (Å²) in [5.74, 6) is -0.787. The molecule has 0 spiro atoms. The summed E-state index contributed by atoms with van der Waals surface area (Å²) in [4.78, 5) is 6.36. The topological polar surface area (TPSA) is 21.3 Å². The van der Waals surface area contributed by atoms with Gasteiger partial charge in [0.2, 0.25) is 0 Å². The van der Waals surface area contributed by atoms with Gasteiger partial charge in [-0.3, -0.25) is 4.84 Å². The quantitative estimate of drug-likeness (QED) is 0.196. The molecule has 2 nitrogen and oxygen atoms in total. The number of hydrogen-bond donors (Lipinski definition) is 1. The van der Waals surface area contributed by atoms with Gasteiger partial charge in [-0.05, 0) is 107 Å². The molecule has 4 heteroatoms. The van der Waals surface area contributed by atoms with Crippen LogP contribution in [0.2, 0.25) is 0 Å². The lowest BCUT2D eigenvalue weighted by Gasteiger charge is -2.34. The van der Waals surface area contributed by atoms with Crippen molar-refractivity contribution in [2.45, 2.75) is 118 Å². The van der Waals surface area contributed by atoms with Crippen molar-refractivity contribution in [2.75, 3.05) is 0 Å². The molecule has 1 aliphatic heterocycles. The normalized spacial score (nSPS) is 22.0. The number of hydroxylamine groups is 1. The Morgan fingerprint density at radius 1 is 1.08 bits per heavy atom. The van der Waals surface area contributed by atoms with Gasteiger partial charge in [0.15, 0.2) is 0 Å². The van der Waals surface area contributed by atoms with Gasteiger partial charge < -0.3 is 0 Å². The Morgan fingerprint density at radius 3 is 2.41 bits per heavy atom. The fourth-order valence-corrected chi connectivity index (χ4v) is 4.81. The molecule has 1 N–H and O–H groups in total. The molecule has 0 amide bonds. The number of rotatable bonds is 12. The van der Waals surface area contributed by atoms with E-state index in [1.165, 1.54) is 28.9 Å². The van der Waals surface area contributed by atoms with E-state index < -0.39 is 11.4 Å². The average molecular weight is 542 g/mol. The second kappa shape index (κ2) is 18.1. The van der Waals surface area contributed by atoms with Crippen LogP contribution in [0.5, 0.6) is 0 Å². The van der Waals surface area contributed by atoms with Gasteiger partial charge in [0.25, 0.3) is 0 Å². The van der Waals surface area contributed by atoms with Crippen LogP contribution in [0.3, 0.4) is 0 Å². The largest absolute Gasteiger partial charge is 0.297 e. The standard InChI is InChI=1S/C35H53F2NO/c1-10-18-27(6)29(11-2)23-26(5)24-30-19-16-14-15-17-20-34(39-38-35(30,8)9)33(13-4)28(7)25-32(37)22-21-31(36)12-3/h15,17-18,21,23-25,33-34,38H,5,7,10-14,16,19-20,22H2,1-4,6,8-9H3. The molecule has 0 saturated heterocycles. The summed E-state index contributed by atoms with van der Waals surface area (Å²) in [6.07, 6.45) is 20.1. The average Bonchev–Trinajstić information content (AvgIpc) is 2.92. The maximum Gasteiger partial charge on any atom is 0.104 e. The van der Waals surface area contributed by atoms with Gasteiger partial charge in [0.1, 0.15) is 5.83 Å². The van der Waals surface area contributed by atoms with E-state index in [2.05, 4.69) is 90.6 Å². The summed E-state index contributed by atoms with van der Waals surface area (Å²) < 4.78 is 28.0. The van der Waals surface area contributed by atoms with Crippen molar-refractivity contribution in [1.82, 2.24) is 5.48 Å². The van der Waals surface area contributed by atoms with Crippen LogP contribution in [-0.2, 0) is 4.84 Å². The van der Waals surface area contributed by atoms with Crippen LogP contribution in [0.25, 0.3) is 0 Å². The van der Waals surface area contributed by atoms with E-state index in [0.29, 0.717) is 12.0 Å². The highest BCUT2D eigenvalue weighted by molar-refractivity contribution is 5.41. The van der Waals surface area contributed by atoms with Crippen molar-refractivity contribution in [1.29, 1.82) is 0 Å². The number of halogens is 2. The van der Waals surface area contributed by atoms with E-state index in [4.69, 9.17) is 4.84 Å². The molecule has 39 heavy (non-hydrogen) atoms. The van der Waals surface area contributed by atoms with Gasteiger partial charge in [-0.25, -0.2) is 8.78 Å². The molecule has 218 valence electrons. The number of nitrogens with one attached hydrogen (secondary N) is 1. The summed E-state index contributed by atoms with van der Waals surface area (Å²) in [5, 5.41) is 0. The molecule has 0 aromatic rings. The Morgan fingerprint density at radius 2 is 1.79 bits per heavy atom. The third kappa shape index (κ3) is 12.6. The van der Waals surface area contributed by atoms with Crippen molar-refractivity contribution in [2.24, 2.45) is 5.92 Å². The van der Waals surface area contributed by atoms with Gasteiger partial charge >= 0.3 is 0 Å². The minimum absolute atomic E-state index is 0.0637. The molecule has 1 heterocycles. The van der Waals surface area contributed by atoms with E-state index in [-0.39, 0.29) is 30.7 Å². The van der Waals surface area contributed by atoms with Crippen molar-refractivity contribution >= 4 is 0 Å². The molecule has 2 atom stereocenters. The molecule has 2 unspecified atom stereocenters. The van der Waals surface area contributed by atoms with Crippen molar-refractivity contribution in [3.05, 3.63) is 95.2 Å². The smallest absolute Gasteiger partial charge is 0.104 e. The van der Waals surface area contributed by atoms with Crippen molar-refractivity contribution < 1.29 is 13.6 Å². The van der Waals surface area contributed by atoms with E-state index in [9.17, 15) is 8.78 Å². The van der Waals surface area contributed by atoms with Crippen LogP contribution >= 0.6 is 0 Å². The van der Waals surface area contributed by atoms with Gasteiger partial charge in [0.05, 0.1) is 17.5 Å². The minimum Gasteiger partial charge on any atom is -0.297 e. The van der Waals surface area contributed by atoms with Gasteiger partial charge in [-0.15, -0.1) is 0 Å². The molecule has 0 saturated carbocycles. The van der Waals surface area contributed by atoms with E-state index in [0.717, 1.165) is 44.1 Å². The predicted molar refractivity (Wildman–Crippen MR) is 166 cm³/mol. The molecule has 1 rings (SSSR count). The SMILES string of the molecule is C=C(C=C(CC)C(C)=CCC)C=C1CCCC=CCC(C(CC)C(=C)C=C(F)CC=C(F)CC)ONC1(C)C. The van der Waals surface area contributed by atoms with E-state index >= 15 is 0 Å². The molecular weight excluding hydrogens is 488 g/mol. The molecule has 1 aliphatic rings. The van der Waals surface area contributed by atoms with Gasteiger partial charge in [0, 0.05) is 12.3 Å². The maximum atomic E-state index is 14.5. The lowest BCUT2D eigenvalue weighted by atomic mass is 9.88. The fourth-order valence-electron chi connectivity index (χ4n) is 4.81. The third-order valence-electron chi connectivity index (χ3n) is 7.30. The molecule has 0 bridgehead atoms. The highest BCUT2D eigenvalue weighted by Gasteiger charge is 2.28. The second-order valence-corrected chi connectivity index (χ2v) is 10.9. The lowest BCUT2D eigenvalue weighted by Crippen LogP contribution is -2.45. The summed E-state index contributed by atoms with van der Waals surface area (Å²) in [6, 6.07) is 0. The van der Waals surface area contributed by atoms with Crippen LogP contribution in [-0.4, -0.2) is 11.6 Å². The molecule has 0 radical (unpaired) electrons. The van der Waals surface area contributed by atoms with Crippen molar-refractivity contribution in [3.8, 4) is 0 Å². The Labute approximate surface area is 238 Å². The number of hydrogen-bond acceptors (Lipinski definition) is 2. The predicted octanol–water partition coefficient (Wildman–Crippen LogP) is 11.0. The zero-order valence-electron chi connectivity index (χ0n) is 25.6. The molecule has 0 aromatic carbocycles. The monoisotopic (exact) mass is 541 g/mol. The second-order valence-electron chi connectivity index (χ2n) is 10.9. The Hall–Kier alpha value is -2.30. The summed E-state index contributed by atoms with van der Waals surface area (Å²) in [6.45, 7) is 23.0. The van der Waals surface area contributed by atoms with Gasteiger partial charge in [-0.2, -0.15) is 5.48 Å². The zero-order valence-corrected chi connectivity index (χ0v) is 25.6. The van der Waals surface area contributed by atoms with Gasteiger partial charge in [-0.1, -0.05) is 76.8 Å². The minimum atomic E-state index is -0.427. The fraction of sp³-hybridized carbons (Fsp3) is 0.543. The highest BCUT2D eigenvalue weighted by Crippen LogP contribution is 2.30. The zero-order chi connectivity index (χ0) is 29.4. The van der Waals surface area contributed by atoms with Crippen LogP contribution in [0, 0.1) is 5.92 Å². The summed E-state index contributed by atoms with van der Waals surface area (Å²) in [5.41, 5.74) is 8.40. The summed E-state index contributed by atoms with van der Waals surface area (Å²) >= 11 is 0.